The monoisotopic (exact) mass is 454 g/mol. The van der Waals surface area contributed by atoms with Crippen LogP contribution in [0.5, 0.6) is 0 Å². The second-order valence-electron chi connectivity index (χ2n) is 7.26. The van der Waals surface area contributed by atoms with Gasteiger partial charge in [-0.15, -0.1) is 0 Å². The summed E-state index contributed by atoms with van der Waals surface area (Å²) in [5.41, 5.74) is 2.01. The van der Waals surface area contributed by atoms with E-state index in [0.29, 0.717) is 45.3 Å². The molecule has 1 aromatic carbocycles. The molecule has 154 valence electrons. The molecule has 0 bridgehead atoms. The van der Waals surface area contributed by atoms with E-state index < -0.39 is 6.04 Å². The van der Waals surface area contributed by atoms with Crippen molar-refractivity contribution in [2.45, 2.75) is 31.8 Å². The lowest BCUT2D eigenvalue weighted by atomic mass is 9.94. The highest BCUT2D eigenvalue weighted by molar-refractivity contribution is 6.42. The first kappa shape index (κ1) is 20.5. The van der Waals surface area contributed by atoms with Crippen LogP contribution >= 0.6 is 34.8 Å². The van der Waals surface area contributed by atoms with Crippen molar-refractivity contribution >= 4 is 46.5 Å². The van der Waals surface area contributed by atoms with E-state index in [1.165, 1.54) is 0 Å². The summed E-state index contributed by atoms with van der Waals surface area (Å²) in [5.74, 6) is 0.632. The zero-order valence-electron chi connectivity index (χ0n) is 16.1. The Morgan fingerprint density at radius 3 is 2.90 bits per heavy atom. The van der Waals surface area contributed by atoms with Gasteiger partial charge in [-0.05, 0) is 25.8 Å². The number of hydrogen-bond donors (Lipinski definition) is 1. The number of carbonyl (C=O) groups is 1. The topological polar surface area (TPSA) is 59.4 Å². The average Bonchev–Trinajstić information content (AvgIpc) is 3.28. The number of nitrogens with one attached hydrogen (secondary N) is 1. The van der Waals surface area contributed by atoms with Crippen molar-refractivity contribution in [3.05, 3.63) is 56.3 Å². The first-order valence-corrected chi connectivity index (χ1v) is 10.5. The SMILES string of the molecule is COC[C@@H]1CCCN1C(=O)C1=C(C)Nc2cc(Cl)nn2C1c1cccc(Cl)c1Cl. The number of anilines is 1. The van der Waals surface area contributed by atoms with Crippen LogP contribution in [-0.2, 0) is 9.53 Å². The number of aromatic nitrogens is 2. The van der Waals surface area contributed by atoms with Gasteiger partial charge in [-0.25, -0.2) is 4.68 Å². The number of fused-ring (bicyclic) bond motifs is 1. The van der Waals surface area contributed by atoms with Gasteiger partial charge < -0.3 is 15.0 Å². The first-order chi connectivity index (χ1) is 13.9. The predicted molar refractivity (Wildman–Crippen MR) is 115 cm³/mol. The third kappa shape index (κ3) is 3.63. The molecule has 2 aliphatic heterocycles. The second kappa shape index (κ2) is 8.19. The Balaban J connectivity index is 1.84. The third-order valence-corrected chi connectivity index (χ3v) is 6.47. The Morgan fingerprint density at radius 1 is 1.34 bits per heavy atom. The maximum absolute atomic E-state index is 13.7. The summed E-state index contributed by atoms with van der Waals surface area (Å²) in [6, 6.07) is 6.63. The van der Waals surface area contributed by atoms with Crippen LogP contribution in [-0.4, -0.2) is 46.9 Å². The maximum Gasteiger partial charge on any atom is 0.254 e. The molecule has 1 aromatic heterocycles. The highest BCUT2D eigenvalue weighted by Gasteiger charge is 2.39. The van der Waals surface area contributed by atoms with Crippen LogP contribution in [0.25, 0.3) is 0 Å². The summed E-state index contributed by atoms with van der Waals surface area (Å²) < 4.78 is 7.02. The minimum atomic E-state index is -0.541. The van der Waals surface area contributed by atoms with Crippen LogP contribution in [0.15, 0.2) is 35.5 Å². The number of allylic oxidation sites excluding steroid dienone is 1. The lowest BCUT2D eigenvalue weighted by molar-refractivity contribution is -0.129. The van der Waals surface area contributed by atoms with E-state index in [0.717, 1.165) is 18.5 Å². The van der Waals surface area contributed by atoms with Crippen LogP contribution in [0.3, 0.4) is 0 Å². The van der Waals surface area contributed by atoms with Crippen molar-refractivity contribution in [1.82, 2.24) is 14.7 Å². The summed E-state index contributed by atoms with van der Waals surface area (Å²) in [6.45, 7) is 3.07. The van der Waals surface area contributed by atoms with Crippen LogP contribution in [0.2, 0.25) is 15.2 Å². The largest absolute Gasteiger partial charge is 0.383 e. The Hall–Kier alpha value is -1.73. The third-order valence-electron chi connectivity index (χ3n) is 5.45. The number of rotatable bonds is 4. The molecule has 3 heterocycles. The summed E-state index contributed by atoms with van der Waals surface area (Å²) in [7, 11) is 1.65. The zero-order chi connectivity index (χ0) is 20.7. The Morgan fingerprint density at radius 2 is 2.14 bits per heavy atom. The van der Waals surface area contributed by atoms with Crippen LogP contribution in [0.4, 0.5) is 5.82 Å². The van der Waals surface area contributed by atoms with Crippen LogP contribution < -0.4 is 5.32 Å². The maximum atomic E-state index is 13.7. The van der Waals surface area contributed by atoms with Gasteiger partial charge in [0.25, 0.3) is 5.91 Å². The molecule has 0 aliphatic carbocycles. The van der Waals surface area contributed by atoms with E-state index in [2.05, 4.69) is 10.4 Å². The number of methoxy groups -OCH3 is 1. The van der Waals surface area contributed by atoms with Gasteiger partial charge in [0.1, 0.15) is 11.9 Å². The molecule has 6 nitrogen and oxygen atoms in total. The normalized spacial score (nSPS) is 21.3. The minimum Gasteiger partial charge on any atom is -0.383 e. The molecule has 1 fully saturated rings. The van der Waals surface area contributed by atoms with Gasteiger partial charge in [0.2, 0.25) is 0 Å². The Labute approximate surface area is 184 Å². The average molecular weight is 456 g/mol. The number of nitrogens with zero attached hydrogens (tertiary/aromatic N) is 3. The molecule has 2 atom stereocenters. The molecule has 2 aliphatic rings. The standard InChI is InChI=1S/C20H21Cl3N4O2/c1-11-17(20(28)26-8-4-5-12(26)10-29-2)19(13-6-3-7-14(21)18(13)23)27-16(24-11)9-15(22)25-27/h3,6-7,9,12,19,24H,4-5,8,10H2,1-2H3/t12-,19?/m0/s1. The molecule has 4 rings (SSSR count). The van der Waals surface area contributed by atoms with E-state index in [-0.39, 0.29) is 11.9 Å². The number of ether oxygens (including phenoxy) is 1. The van der Waals surface area contributed by atoms with Gasteiger partial charge in [-0.1, -0.05) is 46.9 Å². The second-order valence-corrected chi connectivity index (χ2v) is 8.43. The van der Waals surface area contributed by atoms with E-state index in [1.807, 2.05) is 24.0 Å². The molecule has 1 amide bonds. The number of carbonyl (C=O) groups excluding carboxylic acids is 1. The summed E-state index contributed by atoms with van der Waals surface area (Å²) in [4.78, 5) is 15.6. The predicted octanol–water partition coefficient (Wildman–Crippen LogP) is 4.77. The molecular formula is C20H21Cl3N4O2. The van der Waals surface area contributed by atoms with Gasteiger partial charge in [0, 0.05) is 31.0 Å². The fraction of sp³-hybridized carbons (Fsp3) is 0.400. The van der Waals surface area contributed by atoms with Gasteiger partial charge >= 0.3 is 0 Å². The van der Waals surface area contributed by atoms with E-state index in [4.69, 9.17) is 39.5 Å². The van der Waals surface area contributed by atoms with Crippen molar-refractivity contribution in [3.63, 3.8) is 0 Å². The van der Waals surface area contributed by atoms with Crippen molar-refractivity contribution in [2.24, 2.45) is 0 Å². The first-order valence-electron chi connectivity index (χ1n) is 9.39. The minimum absolute atomic E-state index is 0.0471. The van der Waals surface area contributed by atoms with Gasteiger partial charge in [-0.2, -0.15) is 5.10 Å². The molecule has 1 unspecified atom stereocenters. The van der Waals surface area contributed by atoms with E-state index in [1.54, 1.807) is 23.9 Å². The fourth-order valence-corrected chi connectivity index (χ4v) is 4.76. The molecule has 1 N–H and O–H groups in total. The Bertz CT molecular complexity index is 988. The van der Waals surface area contributed by atoms with Crippen LogP contribution in [0, 0.1) is 0 Å². The molecule has 0 radical (unpaired) electrons. The van der Waals surface area contributed by atoms with Crippen molar-refractivity contribution in [2.75, 3.05) is 25.6 Å². The number of likely N-dealkylation sites (tertiary alicyclic amines) is 1. The van der Waals surface area contributed by atoms with Gasteiger partial charge in [0.15, 0.2) is 5.15 Å². The fourth-order valence-electron chi connectivity index (χ4n) is 4.16. The molecule has 0 saturated carbocycles. The van der Waals surface area contributed by atoms with E-state index in [9.17, 15) is 4.79 Å². The quantitative estimate of drug-likeness (QED) is 0.721. The van der Waals surface area contributed by atoms with Gasteiger partial charge in [-0.3, -0.25) is 4.79 Å². The molecule has 2 aromatic rings. The lowest BCUT2D eigenvalue weighted by Gasteiger charge is -2.34. The molecule has 0 spiro atoms. The number of halogens is 3. The number of benzene rings is 1. The van der Waals surface area contributed by atoms with Crippen molar-refractivity contribution in [3.8, 4) is 0 Å². The molecule has 9 heteroatoms. The van der Waals surface area contributed by atoms with E-state index >= 15 is 0 Å². The van der Waals surface area contributed by atoms with Crippen LogP contribution in [0.1, 0.15) is 31.4 Å². The number of amides is 1. The smallest absolute Gasteiger partial charge is 0.254 e. The highest BCUT2D eigenvalue weighted by atomic mass is 35.5. The summed E-state index contributed by atoms with van der Waals surface area (Å²) in [5, 5.41) is 8.82. The van der Waals surface area contributed by atoms with Crippen molar-refractivity contribution in [1.29, 1.82) is 0 Å². The van der Waals surface area contributed by atoms with Crippen molar-refractivity contribution < 1.29 is 9.53 Å². The lowest BCUT2D eigenvalue weighted by Crippen LogP contribution is -2.42. The molecule has 29 heavy (non-hydrogen) atoms. The summed E-state index contributed by atoms with van der Waals surface area (Å²) >= 11 is 19.0. The Kier molecular flexibility index (Phi) is 5.80. The van der Waals surface area contributed by atoms with Gasteiger partial charge in [0.05, 0.1) is 28.3 Å². The zero-order valence-corrected chi connectivity index (χ0v) is 18.4. The summed E-state index contributed by atoms with van der Waals surface area (Å²) in [6.07, 6.45) is 1.86. The highest BCUT2D eigenvalue weighted by Crippen LogP contribution is 2.42. The molecular weight excluding hydrogens is 435 g/mol. The number of hydrogen-bond acceptors (Lipinski definition) is 4. The molecule has 1 saturated heterocycles.